The van der Waals surface area contributed by atoms with E-state index in [0.29, 0.717) is 12.0 Å². The van der Waals surface area contributed by atoms with Crippen LogP contribution in [0.5, 0.6) is 0 Å². The van der Waals surface area contributed by atoms with Crippen LogP contribution in [0, 0.1) is 22.0 Å². The third-order valence-corrected chi connectivity index (χ3v) is 4.39. The summed E-state index contributed by atoms with van der Waals surface area (Å²) >= 11 is 0. The first-order valence-corrected chi connectivity index (χ1v) is 7.23. The van der Waals surface area contributed by atoms with Gasteiger partial charge >= 0.3 is 0 Å². The van der Waals surface area contributed by atoms with Crippen LogP contribution in [0.4, 0.5) is 17.1 Å². The number of anilines is 2. The van der Waals surface area contributed by atoms with E-state index < -0.39 is 0 Å². The Balaban J connectivity index is 2.12. The molecule has 3 unspecified atom stereocenters. The largest absolute Gasteiger partial charge is 0.388 e. The quantitative estimate of drug-likeness (QED) is 0.647. The van der Waals surface area contributed by atoms with E-state index in [1.807, 2.05) is 6.07 Å². The van der Waals surface area contributed by atoms with Crippen LogP contribution in [-0.4, -0.2) is 18.0 Å². The Labute approximate surface area is 119 Å². The molecule has 0 amide bonds. The summed E-state index contributed by atoms with van der Waals surface area (Å²) in [4.78, 5) is 10.6. The fraction of sp³-hybridized carbons (Fsp3) is 0.600. The van der Waals surface area contributed by atoms with Crippen LogP contribution in [0.15, 0.2) is 18.2 Å². The highest BCUT2D eigenvalue weighted by Crippen LogP contribution is 2.32. The van der Waals surface area contributed by atoms with Gasteiger partial charge < -0.3 is 10.6 Å². The summed E-state index contributed by atoms with van der Waals surface area (Å²) in [6.45, 7) is 4.58. The van der Waals surface area contributed by atoms with Crippen molar-refractivity contribution in [1.82, 2.24) is 0 Å². The summed E-state index contributed by atoms with van der Waals surface area (Å²) in [5, 5.41) is 17.4. The zero-order chi connectivity index (χ0) is 14.7. The van der Waals surface area contributed by atoms with Gasteiger partial charge in [0.2, 0.25) is 0 Å². The van der Waals surface area contributed by atoms with Crippen molar-refractivity contribution in [3.63, 3.8) is 0 Å². The van der Waals surface area contributed by atoms with Crippen molar-refractivity contribution in [2.75, 3.05) is 17.7 Å². The van der Waals surface area contributed by atoms with E-state index in [1.165, 1.54) is 6.42 Å². The second-order valence-electron chi connectivity index (χ2n) is 5.88. The van der Waals surface area contributed by atoms with E-state index in [-0.39, 0.29) is 10.6 Å². The van der Waals surface area contributed by atoms with E-state index in [0.717, 1.165) is 30.1 Å². The predicted molar refractivity (Wildman–Crippen MR) is 82.2 cm³/mol. The molecule has 0 radical (unpaired) electrons. The summed E-state index contributed by atoms with van der Waals surface area (Å²) in [5.41, 5.74) is 1.71. The first-order valence-electron chi connectivity index (χ1n) is 7.23. The number of nitrogens with zero attached hydrogens (tertiary/aromatic N) is 1. The highest BCUT2D eigenvalue weighted by atomic mass is 16.6. The molecule has 0 spiro atoms. The molecule has 0 aromatic heterocycles. The molecule has 0 heterocycles. The molecule has 3 atom stereocenters. The molecule has 1 saturated carbocycles. The second kappa shape index (κ2) is 6.11. The average molecular weight is 277 g/mol. The molecule has 110 valence electrons. The summed E-state index contributed by atoms with van der Waals surface area (Å²) in [6.07, 6.45) is 3.47. The summed E-state index contributed by atoms with van der Waals surface area (Å²) in [7, 11) is 1.77. The lowest BCUT2D eigenvalue weighted by molar-refractivity contribution is -0.384. The van der Waals surface area contributed by atoms with Crippen molar-refractivity contribution in [2.45, 2.75) is 39.2 Å². The number of hydrogen-bond acceptors (Lipinski definition) is 4. The molecule has 20 heavy (non-hydrogen) atoms. The molecule has 1 aromatic rings. The number of nitro benzene ring substituents is 1. The summed E-state index contributed by atoms with van der Waals surface area (Å²) in [5.74, 6) is 1.47. The molecule has 1 fully saturated rings. The molecule has 5 heteroatoms. The first kappa shape index (κ1) is 14.6. The maximum absolute atomic E-state index is 11.0. The van der Waals surface area contributed by atoms with Gasteiger partial charge in [0, 0.05) is 36.6 Å². The van der Waals surface area contributed by atoms with Crippen LogP contribution in [0.3, 0.4) is 0 Å². The van der Waals surface area contributed by atoms with Gasteiger partial charge in [-0.1, -0.05) is 13.8 Å². The average Bonchev–Trinajstić information content (AvgIpc) is 2.42. The van der Waals surface area contributed by atoms with Crippen molar-refractivity contribution in [3.05, 3.63) is 28.3 Å². The number of non-ortho nitro benzene ring substituents is 1. The predicted octanol–water partition coefficient (Wildman–Crippen LogP) is 3.87. The van der Waals surface area contributed by atoms with Gasteiger partial charge in [-0.2, -0.15) is 0 Å². The Hall–Kier alpha value is -1.78. The number of rotatable bonds is 4. The lowest BCUT2D eigenvalue weighted by Crippen LogP contribution is -2.30. The first-order chi connectivity index (χ1) is 9.49. The van der Waals surface area contributed by atoms with E-state index in [9.17, 15) is 10.1 Å². The lowest BCUT2D eigenvalue weighted by Gasteiger charge is -2.33. The maximum atomic E-state index is 11.0. The summed E-state index contributed by atoms with van der Waals surface area (Å²) < 4.78 is 0. The third kappa shape index (κ3) is 3.40. The van der Waals surface area contributed by atoms with Crippen molar-refractivity contribution in [2.24, 2.45) is 11.8 Å². The van der Waals surface area contributed by atoms with E-state index >= 15 is 0 Å². The lowest BCUT2D eigenvalue weighted by atomic mass is 9.79. The minimum Gasteiger partial charge on any atom is -0.388 e. The zero-order valence-electron chi connectivity index (χ0n) is 12.3. The minimum atomic E-state index is -0.350. The Morgan fingerprint density at radius 2 is 1.85 bits per heavy atom. The molecule has 0 aliphatic heterocycles. The topological polar surface area (TPSA) is 67.2 Å². The van der Waals surface area contributed by atoms with Gasteiger partial charge in [-0.05, 0) is 37.2 Å². The minimum absolute atomic E-state index is 0.122. The van der Waals surface area contributed by atoms with Gasteiger partial charge in [0.25, 0.3) is 5.69 Å². The highest BCUT2D eigenvalue weighted by molar-refractivity contribution is 5.63. The number of nitro groups is 1. The molecule has 1 aliphatic carbocycles. The van der Waals surface area contributed by atoms with Gasteiger partial charge in [0.15, 0.2) is 0 Å². The SMILES string of the molecule is CNc1cc(NC2CCC(C)C(C)C2)cc([N+](=O)[O-])c1. The standard InChI is InChI=1S/C15H23N3O2/c1-10-4-5-12(6-11(10)2)17-14-7-13(16-3)8-15(9-14)18(19)20/h7-12,16-17H,4-6H2,1-3H3. The number of nitrogens with one attached hydrogen (secondary N) is 2. The van der Waals surface area contributed by atoms with Crippen molar-refractivity contribution in [1.29, 1.82) is 0 Å². The smallest absolute Gasteiger partial charge is 0.273 e. The molecule has 2 rings (SSSR count). The molecule has 5 nitrogen and oxygen atoms in total. The van der Waals surface area contributed by atoms with Crippen molar-refractivity contribution < 1.29 is 4.92 Å². The normalized spacial score (nSPS) is 26.1. The van der Waals surface area contributed by atoms with Gasteiger partial charge in [0.05, 0.1) is 4.92 Å². The van der Waals surface area contributed by atoms with Crippen molar-refractivity contribution >= 4 is 17.1 Å². The van der Waals surface area contributed by atoms with E-state index in [2.05, 4.69) is 24.5 Å². The van der Waals surface area contributed by atoms with Gasteiger partial charge in [-0.15, -0.1) is 0 Å². The van der Waals surface area contributed by atoms with E-state index in [4.69, 9.17) is 0 Å². The highest BCUT2D eigenvalue weighted by Gasteiger charge is 2.24. The fourth-order valence-corrected chi connectivity index (χ4v) is 2.86. The number of hydrogen-bond donors (Lipinski definition) is 2. The van der Waals surface area contributed by atoms with Crippen LogP contribution < -0.4 is 10.6 Å². The van der Waals surface area contributed by atoms with Crippen LogP contribution in [-0.2, 0) is 0 Å². The third-order valence-electron chi connectivity index (χ3n) is 4.39. The Bertz CT molecular complexity index is 490. The molecule has 1 aromatic carbocycles. The fourth-order valence-electron chi connectivity index (χ4n) is 2.86. The Morgan fingerprint density at radius 1 is 1.15 bits per heavy atom. The molecule has 2 N–H and O–H groups in total. The monoisotopic (exact) mass is 277 g/mol. The molecule has 1 aliphatic rings. The van der Waals surface area contributed by atoms with Crippen LogP contribution in [0.25, 0.3) is 0 Å². The number of benzene rings is 1. The molecule has 0 bridgehead atoms. The van der Waals surface area contributed by atoms with Crippen molar-refractivity contribution in [3.8, 4) is 0 Å². The Morgan fingerprint density at radius 3 is 2.45 bits per heavy atom. The molecular weight excluding hydrogens is 254 g/mol. The maximum Gasteiger partial charge on any atom is 0.273 e. The molecule has 0 saturated heterocycles. The van der Waals surface area contributed by atoms with Gasteiger partial charge in [-0.3, -0.25) is 10.1 Å². The van der Waals surface area contributed by atoms with Crippen LogP contribution in [0.2, 0.25) is 0 Å². The zero-order valence-corrected chi connectivity index (χ0v) is 12.3. The van der Waals surface area contributed by atoms with Crippen LogP contribution >= 0.6 is 0 Å². The molecular formula is C15H23N3O2. The second-order valence-corrected chi connectivity index (χ2v) is 5.88. The van der Waals surface area contributed by atoms with E-state index in [1.54, 1.807) is 19.2 Å². The Kier molecular flexibility index (Phi) is 4.47. The summed E-state index contributed by atoms with van der Waals surface area (Å²) in [6, 6.07) is 5.50. The van der Waals surface area contributed by atoms with Gasteiger partial charge in [-0.25, -0.2) is 0 Å². The van der Waals surface area contributed by atoms with Crippen LogP contribution in [0.1, 0.15) is 33.1 Å². The van der Waals surface area contributed by atoms with Gasteiger partial charge in [0.1, 0.15) is 0 Å².